The SMILES string of the molecule is CN1Cc2nc3c(oc4ccccc43)c(=O)n2CCC1=O. The summed E-state index contributed by atoms with van der Waals surface area (Å²) in [5.74, 6) is 0.619. The molecule has 0 spiro atoms. The number of hydrogen-bond donors (Lipinski definition) is 0. The molecular formula is C15H13N3O3. The van der Waals surface area contributed by atoms with Gasteiger partial charge in [0.05, 0.1) is 6.54 Å². The monoisotopic (exact) mass is 283 g/mol. The van der Waals surface area contributed by atoms with E-state index in [2.05, 4.69) is 4.98 Å². The molecule has 21 heavy (non-hydrogen) atoms. The van der Waals surface area contributed by atoms with Crippen molar-refractivity contribution < 1.29 is 9.21 Å². The van der Waals surface area contributed by atoms with Crippen LogP contribution >= 0.6 is 0 Å². The van der Waals surface area contributed by atoms with Crippen LogP contribution in [0.5, 0.6) is 0 Å². The second kappa shape index (κ2) is 4.18. The average molecular weight is 283 g/mol. The Morgan fingerprint density at radius 1 is 1.24 bits per heavy atom. The number of fused-ring (bicyclic) bond motifs is 4. The van der Waals surface area contributed by atoms with Crippen molar-refractivity contribution >= 4 is 28.0 Å². The van der Waals surface area contributed by atoms with Crippen LogP contribution in [0, 0.1) is 0 Å². The number of furan rings is 1. The molecule has 3 aromatic rings. The van der Waals surface area contributed by atoms with Crippen LogP contribution in [0.1, 0.15) is 12.2 Å². The van der Waals surface area contributed by atoms with Crippen LogP contribution in [0.15, 0.2) is 33.5 Å². The molecule has 0 radical (unpaired) electrons. The summed E-state index contributed by atoms with van der Waals surface area (Å²) in [7, 11) is 1.72. The predicted octanol–water partition coefficient (Wildman–Crippen LogP) is 1.50. The Kier molecular flexibility index (Phi) is 2.42. The Labute approximate surface area is 119 Å². The second-order valence-electron chi connectivity index (χ2n) is 5.26. The summed E-state index contributed by atoms with van der Waals surface area (Å²) in [4.78, 5) is 30.6. The first-order chi connectivity index (χ1) is 10.1. The molecule has 1 aliphatic heterocycles. The standard InChI is InChI=1S/C15H13N3O3/c1-17-8-11-16-13-9-4-2-3-5-10(9)21-14(13)15(20)18(11)7-6-12(17)19/h2-5H,6-8H2,1H3. The number of carbonyl (C=O) groups excluding carboxylic acids is 1. The summed E-state index contributed by atoms with van der Waals surface area (Å²) in [5, 5.41) is 0.825. The van der Waals surface area contributed by atoms with Gasteiger partial charge in [-0.2, -0.15) is 0 Å². The highest BCUT2D eigenvalue weighted by molar-refractivity contribution is 6.01. The van der Waals surface area contributed by atoms with Crippen LogP contribution in [-0.2, 0) is 17.9 Å². The maximum atomic E-state index is 12.6. The number of para-hydroxylation sites is 1. The fourth-order valence-electron chi connectivity index (χ4n) is 2.77. The number of hydrogen-bond acceptors (Lipinski definition) is 4. The summed E-state index contributed by atoms with van der Waals surface area (Å²) in [5.41, 5.74) is 1.28. The molecule has 0 N–H and O–H groups in total. The van der Waals surface area contributed by atoms with Crippen LogP contribution in [0.2, 0.25) is 0 Å². The third kappa shape index (κ3) is 1.68. The van der Waals surface area contributed by atoms with E-state index >= 15 is 0 Å². The van der Waals surface area contributed by atoms with Gasteiger partial charge in [-0.3, -0.25) is 14.2 Å². The first kappa shape index (κ1) is 12.1. The van der Waals surface area contributed by atoms with Crippen molar-refractivity contribution in [3.8, 4) is 0 Å². The molecule has 6 nitrogen and oxygen atoms in total. The maximum absolute atomic E-state index is 12.6. The van der Waals surface area contributed by atoms with E-state index < -0.39 is 0 Å². The van der Waals surface area contributed by atoms with Gasteiger partial charge >= 0.3 is 0 Å². The number of carbonyl (C=O) groups is 1. The molecule has 0 saturated heterocycles. The van der Waals surface area contributed by atoms with Gasteiger partial charge in [0.2, 0.25) is 11.5 Å². The molecule has 6 heteroatoms. The van der Waals surface area contributed by atoms with Crippen molar-refractivity contribution in [2.75, 3.05) is 7.05 Å². The van der Waals surface area contributed by atoms with Gasteiger partial charge in [-0.05, 0) is 12.1 Å². The fourth-order valence-corrected chi connectivity index (χ4v) is 2.77. The highest BCUT2D eigenvalue weighted by Gasteiger charge is 2.22. The molecule has 0 atom stereocenters. The molecule has 4 rings (SSSR count). The van der Waals surface area contributed by atoms with Gasteiger partial charge in [-0.1, -0.05) is 12.1 Å². The predicted molar refractivity (Wildman–Crippen MR) is 76.9 cm³/mol. The second-order valence-corrected chi connectivity index (χ2v) is 5.26. The smallest absolute Gasteiger partial charge is 0.297 e. The van der Waals surface area contributed by atoms with Gasteiger partial charge in [0.1, 0.15) is 16.9 Å². The zero-order valence-corrected chi connectivity index (χ0v) is 11.5. The molecule has 1 amide bonds. The highest BCUT2D eigenvalue weighted by Crippen LogP contribution is 2.25. The molecule has 3 heterocycles. The molecule has 0 aliphatic carbocycles. The van der Waals surface area contributed by atoms with Crippen LogP contribution in [-0.4, -0.2) is 27.4 Å². The topological polar surface area (TPSA) is 68.3 Å². The molecule has 0 bridgehead atoms. The van der Waals surface area contributed by atoms with Gasteiger partial charge in [-0.15, -0.1) is 0 Å². The van der Waals surface area contributed by atoms with Gasteiger partial charge < -0.3 is 9.32 Å². The number of aromatic nitrogens is 2. The largest absolute Gasteiger partial charge is 0.448 e. The number of nitrogens with zero attached hydrogens (tertiary/aromatic N) is 3. The van der Waals surface area contributed by atoms with E-state index in [1.807, 2.05) is 24.3 Å². The van der Waals surface area contributed by atoms with E-state index in [1.165, 1.54) is 0 Å². The summed E-state index contributed by atoms with van der Waals surface area (Å²) in [6.45, 7) is 0.681. The quantitative estimate of drug-likeness (QED) is 0.627. The number of rotatable bonds is 0. The van der Waals surface area contributed by atoms with E-state index in [1.54, 1.807) is 16.5 Å². The lowest BCUT2D eigenvalue weighted by Gasteiger charge is -2.13. The Hall–Kier alpha value is -2.63. The molecule has 0 fully saturated rings. The van der Waals surface area contributed by atoms with Crippen molar-refractivity contribution in [2.45, 2.75) is 19.5 Å². The maximum Gasteiger partial charge on any atom is 0.297 e. The lowest BCUT2D eigenvalue weighted by molar-refractivity contribution is -0.130. The Morgan fingerprint density at radius 2 is 2.05 bits per heavy atom. The molecular weight excluding hydrogens is 270 g/mol. The molecule has 0 unspecified atom stereocenters. The number of benzene rings is 1. The van der Waals surface area contributed by atoms with Gasteiger partial charge in [0, 0.05) is 25.4 Å². The summed E-state index contributed by atoms with van der Waals surface area (Å²) >= 11 is 0. The van der Waals surface area contributed by atoms with Gasteiger partial charge in [-0.25, -0.2) is 4.98 Å². The lowest BCUT2D eigenvalue weighted by Crippen LogP contribution is -2.26. The van der Waals surface area contributed by atoms with Crippen molar-refractivity contribution in [3.05, 3.63) is 40.4 Å². The van der Waals surface area contributed by atoms with E-state index in [0.29, 0.717) is 36.4 Å². The van der Waals surface area contributed by atoms with E-state index in [9.17, 15) is 9.59 Å². The van der Waals surface area contributed by atoms with Crippen LogP contribution in [0.3, 0.4) is 0 Å². The van der Waals surface area contributed by atoms with Crippen LogP contribution < -0.4 is 5.56 Å². The zero-order chi connectivity index (χ0) is 14.6. The fraction of sp³-hybridized carbons (Fsp3) is 0.267. The van der Waals surface area contributed by atoms with E-state index in [0.717, 1.165) is 5.39 Å². The molecule has 2 aromatic heterocycles. The molecule has 0 saturated carbocycles. The van der Waals surface area contributed by atoms with Gasteiger partial charge in [0.25, 0.3) is 5.56 Å². The zero-order valence-electron chi connectivity index (χ0n) is 11.5. The average Bonchev–Trinajstić information content (AvgIpc) is 2.78. The minimum absolute atomic E-state index is 0.0152. The van der Waals surface area contributed by atoms with Gasteiger partial charge in [0.15, 0.2) is 0 Å². The van der Waals surface area contributed by atoms with Crippen molar-refractivity contribution in [1.82, 2.24) is 14.5 Å². The third-order valence-electron chi connectivity index (χ3n) is 3.91. The molecule has 106 valence electrons. The first-order valence-corrected chi connectivity index (χ1v) is 6.80. The van der Waals surface area contributed by atoms with Crippen molar-refractivity contribution in [3.63, 3.8) is 0 Å². The first-order valence-electron chi connectivity index (χ1n) is 6.80. The Morgan fingerprint density at radius 3 is 2.90 bits per heavy atom. The Bertz CT molecular complexity index is 938. The molecule has 1 aromatic carbocycles. The van der Waals surface area contributed by atoms with E-state index in [-0.39, 0.29) is 17.0 Å². The van der Waals surface area contributed by atoms with Crippen LogP contribution in [0.25, 0.3) is 22.1 Å². The highest BCUT2D eigenvalue weighted by atomic mass is 16.3. The van der Waals surface area contributed by atoms with E-state index in [4.69, 9.17) is 4.42 Å². The van der Waals surface area contributed by atoms with Crippen LogP contribution in [0.4, 0.5) is 0 Å². The lowest BCUT2D eigenvalue weighted by atomic mass is 10.2. The third-order valence-corrected chi connectivity index (χ3v) is 3.91. The summed E-state index contributed by atoms with van der Waals surface area (Å²) in [6.07, 6.45) is 0.302. The Balaban J connectivity index is 2.07. The summed E-state index contributed by atoms with van der Waals surface area (Å²) < 4.78 is 7.20. The normalized spacial score (nSPS) is 15.5. The summed E-state index contributed by atoms with van der Waals surface area (Å²) in [6, 6.07) is 7.45. The molecule has 1 aliphatic rings. The van der Waals surface area contributed by atoms with Crippen molar-refractivity contribution in [2.24, 2.45) is 0 Å². The minimum Gasteiger partial charge on any atom is -0.448 e. The minimum atomic E-state index is -0.214. The number of amides is 1. The van der Waals surface area contributed by atoms with Crippen molar-refractivity contribution in [1.29, 1.82) is 0 Å².